The summed E-state index contributed by atoms with van der Waals surface area (Å²) in [5.74, 6) is 0. The minimum atomic E-state index is 0.0150. The van der Waals surface area contributed by atoms with Crippen molar-refractivity contribution in [3.63, 3.8) is 0 Å². The monoisotopic (exact) mass is 394 g/mol. The Morgan fingerprint density at radius 1 is 0.484 bits per heavy atom. The molecule has 0 radical (unpaired) electrons. The Hall–Kier alpha value is -3.64. The summed E-state index contributed by atoms with van der Waals surface area (Å²) in [6, 6.07) is 36.2. The molecule has 0 saturated carbocycles. The summed E-state index contributed by atoms with van der Waals surface area (Å²) in [6.07, 6.45) is 0. The highest BCUT2D eigenvalue weighted by molar-refractivity contribution is 6.26. The fourth-order valence-corrected chi connectivity index (χ4v) is 5.87. The van der Waals surface area contributed by atoms with Crippen LogP contribution in [0.1, 0.15) is 25.0 Å². The summed E-state index contributed by atoms with van der Waals surface area (Å²) in [5, 5.41) is 8.06. The molecule has 0 aromatic heterocycles. The van der Waals surface area contributed by atoms with E-state index >= 15 is 0 Å². The first-order valence-electron chi connectivity index (χ1n) is 11.0. The maximum absolute atomic E-state index is 2.44. The number of benzene rings is 6. The van der Waals surface area contributed by atoms with Gasteiger partial charge in [-0.05, 0) is 77.8 Å². The molecule has 31 heavy (non-hydrogen) atoms. The predicted molar refractivity (Wildman–Crippen MR) is 133 cm³/mol. The molecule has 0 atom stereocenters. The minimum Gasteiger partial charge on any atom is -0.0619 e. The lowest BCUT2D eigenvalue weighted by Crippen LogP contribution is -2.14. The molecule has 0 unspecified atom stereocenters. The molecule has 1 aliphatic rings. The second kappa shape index (κ2) is 5.74. The van der Waals surface area contributed by atoms with Gasteiger partial charge in [0.05, 0.1) is 0 Å². The molecular formula is C31H22. The molecule has 0 spiro atoms. The van der Waals surface area contributed by atoms with Crippen molar-refractivity contribution in [3.05, 3.63) is 108 Å². The second-order valence-electron chi connectivity index (χ2n) is 9.40. The molecule has 0 heteroatoms. The van der Waals surface area contributed by atoms with Crippen molar-refractivity contribution in [2.24, 2.45) is 0 Å². The van der Waals surface area contributed by atoms with Crippen LogP contribution in [-0.2, 0) is 5.41 Å². The van der Waals surface area contributed by atoms with Gasteiger partial charge in [0, 0.05) is 5.41 Å². The Morgan fingerprint density at radius 3 is 2.06 bits per heavy atom. The molecule has 0 amide bonds. The number of fused-ring (bicyclic) bond motifs is 3. The zero-order chi connectivity index (χ0) is 20.7. The molecule has 0 fully saturated rings. The molecule has 0 nitrogen and oxygen atoms in total. The number of rotatable bonds is 1. The molecule has 6 aromatic rings. The maximum atomic E-state index is 2.44. The van der Waals surface area contributed by atoms with E-state index in [4.69, 9.17) is 0 Å². The van der Waals surface area contributed by atoms with Crippen molar-refractivity contribution >= 4 is 32.3 Å². The molecular weight excluding hydrogens is 372 g/mol. The average molecular weight is 395 g/mol. The average Bonchev–Trinajstić information content (AvgIpc) is 3.04. The third-order valence-corrected chi connectivity index (χ3v) is 7.40. The molecule has 7 rings (SSSR count). The Labute approximate surface area is 182 Å². The van der Waals surface area contributed by atoms with Crippen molar-refractivity contribution in [1.82, 2.24) is 0 Å². The Balaban J connectivity index is 1.56. The summed E-state index contributed by atoms with van der Waals surface area (Å²) in [4.78, 5) is 0. The van der Waals surface area contributed by atoms with Crippen molar-refractivity contribution in [1.29, 1.82) is 0 Å². The highest BCUT2D eigenvalue weighted by Crippen LogP contribution is 2.50. The first-order chi connectivity index (χ1) is 15.1. The van der Waals surface area contributed by atoms with Crippen LogP contribution in [0.2, 0.25) is 0 Å². The van der Waals surface area contributed by atoms with Crippen LogP contribution in [0, 0.1) is 0 Å². The highest BCUT2D eigenvalue weighted by atomic mass is 14.4. The Morgan fingerprint density at radius 2 is 1.19 bits per heavy atom. The molecule has 0 heterocycles. The topological polar surface area (TPSA) is 0 Å². The lowest BCUT2D eigenvalue weighted by atomic mass is 9.81. The van der Waals surface area contributed by atoms with E-state index in [0.29, 0.717) is 0 Å². The lowest BCUT2D eigenvalue weighted by Gasteiger charge is -2.22. The van der Waals surface area contributed by atoms with Gasteiger partial charge in [-0.1, -0.05) is 98.8 Å². The van der Waals surface area contributed by atoms with Crippen LogP contribution in [0.5, 0.6) is 0 Å². The summed E-state index contributed by atoms with van der Waals surface area (Å²) < 4.78 is 0. The van der Waals surface area contributed by atoms with Gasteiger partial charge in [0.25, 0.3) is 0 Å². The van der Waals surface area contributed by atoms with E-state index < -0.39 is 0 Å². The van der Waals surface area contributed by atoms with Crippen LogP contribution < -0.4 is 0 Å². The van der Waals surface area contributed by atoms with Gasteiger partial charge in [-0.25, -0.2) is 0 Å². The van der Waals surface area contributed by atoms with E-state index in [1.165, 1.54) is 65.7 Å². The lowest BCUT2D eigenvalue weighted by molar-refractivity contribution is 0.660. The predicted octanol–water partition coefficient (Wildman–Crippen LogP) is 8.56. The SMILES string of the molecule is CC1(C)c2ccccc2-c2ccc(-c3cc4cccc5ccc6cccc3c6c54)cc21. The van der Waals surface area contributed by atoms with Crippen molar-refractivity contribution in [2.75, 3.05) is 0 Å². The summed E-state index contributed by atoms with van der Waals surface area (Å²) in [5.41, 5.74) is 8.25. The third kappa shape index (κ3) is 2.15. The zero-order valence-corrected chi connectivity index (χ0v) is 17.7. The normalized spacial score (nSPS) is 14.4. The quantitative estimate of drug-likeness (QED) is 0.245. The molecule has 6 aromatic carbocycles. The van der Waals surface area contributed by atoms with Gasteiger partial charge in [0.1, 0.15) is 0 Å². The zero-order valence-electron chi connectivity index (χ0n) is 17.7. The Kier molecular flexibility index (Phi) is 3.16. The fourth-order valence-electron chi connectivity index (χ4n) is 5.87. The smallest absolute Gasteiger partial charge is 0.0159 e. The minimum absolute atomic E-state index is 0.0150. The van der Waals surface area contributed by atoms with Crippen LogP contribution in [0.15, 0.2) is 97.1 Å². The van der Waals surface area contributed by atoms with E-state index in [1.807, 2.05) is 0 Å². The van der Waals surface area contributed by atoms with Crippen molar-refractivity contribution in [3.8, 4) is 22.3 Å². The van der Waals surface area contributed by atoms with Crippen molar-refractivity contribution in [2.45, 2.75) is 19.3 Å². The third-order valence-electron chi connectivity index (χ3n) is 7.40. The van der Waals surface area contributed by atoms with E-state index in [1.54, 1.807) is 0 Å². The maximum Gasteiger partial charge on any atom is 0.0159 e. The van der Waals surface area contributed by atoms with Gasteiger partial charge in [-0.2, -0.15) is 0 Å². The van der Waals surface area contributed by atoms with Gasteiger partial charge in [-0.15, -0.1) is 0 Å². The molecule has 0 saturated heterocycles. The van der Waals surface area contributed by atoms with Gasteiger partial charge in [0.2, 0.25) is 0 Å². The van der Waals surface area contributed by atoms with Crippen LogP contribution in [0.3, 0.4) is 0 Å². The standard InChI is InChI=1S/C31H22/c1-31(2)27-12-4-3-10-23(27)24-16-15-21(18-28(24)31)26-17-22-9-5-7-19-13-14-20-8-6-11-25(26)30(20)29(19)22/h3-18H,1-2H3. The molecule has 0 N–H and O–H groups in total. The van der Waals surface area contributed by atoms with Crippen LogP contribution in [0.4, 0.5) is 0 Å². The van der Waals surface area contributed by atoms with Gasteiger partial charge in [0.15, 0.2) is 0 Å². The van der Waals surface area contributed by atoms with Crippen LogP contribution in [0.25, 0.3) is 54.6 Å². The van der Waals surface area contributed by atoms with Gasteiger partial charge < -0.3 is 0 Å². The van der Waals surface area contributed by atoms with Gasteiger partial charge >= 0.3 is 0 Å². The van der Waals surface area contributed by atoms with Crippen molar-refractivity contribution < 1.29 is 0 Å². The molecule has 146 valence electrons. The summed E-state index contributed by atoms with van der Waals surface area (Å²) >= 11 is 0. The van der Waals surface area contributed by atoms with E-state index in [-0.39, 0.29) is 5.41 Å². The summed E-state index contributed by atoms with van der Waals surface area (Å²) in [7, 11) is 0. The van der Waals surface area contributed by atoms with Gasteiger partial charge in [-0.3, -0.25) is 0 Å². The number of hydrogen-bond acceptors (Lipinski definition) is 0. The molecule has 0 aliphatic heterocycles. The first-order valence-corrected chi connectivity index (χ1v) is 11.0. The van der Waals surface area contributed by atoms with E-state index in [9.17, 15) is 0 Å². The largest absolute Gasteiger partial charge is 0.0619 e. The molecule has 1 aliphatic carbocycles. The number of hydrogen-bond donors (Lipinski definition) is 0. The molecule has 0 bridgehead atoms. The second-order valence-corrected chi connectivity index (χ2v) is 9.40. The summed E-state index contributed by atoms with van der Waals surface area (Å²) in [6.45, 7) is 4.71. The fraction of sp³-hybridized carbons (Fsp3) is 0.0968. The van der Waals surface area contributed by atoms with E-state index in [2.05, 4.69) is 111 Å². The highest BCUT2D eigenvalue weighted by Gasteiger charge is 2.35. The first kappa shape index (κ1) is 17.1. The van der Waals surface area contributed by atoms with E-state index in [0.717, 1.165) is 0 Å². The van der Waals surface area contributed by atoms with Crippen LogP contribution >= 0.6 is 0 Å². The Bertz CT molecular complexity index is 1650. The van der Waals surface area contributed by atoms with Crippen LogP contribution in [-0.4, -0.2) is 0 Å².